The Labute approximate surface area is 92.7 Å². The Balaban J connectivity index is 2.71. The van der Waals surface area contributed by atoms with Crippen LogP contribution in [0.3, 0.4) is 0 Å². The van der Waals surface area contributed by atoms with E-state index >= 15 is 0 Å². The van der Waals surface area contributed by atoms with Crippen molar-refractivity contribution in [2.75, 3.05) is 0 Å². The molecule has 86 valence electrons. The smallest absolute Gasteiger partial charge is 0.125 e. The molecule has 0 amide bonds. The number of aromatic nitrogens is 2. The maximum atomic E-state index is 6.27. The van der Waals surface area contributed by atoms with Gasteiger partial charge in [0.25, 0.3) is 0 Å². The van der Waals surface area contributed by atoms with Crippen LogP contribution in [0.25, 0.3) is 0 Å². The molecule has 1 aromatic rings. The van der Waals surface area contributed by atoms with Gasteiger partial charge in [0.2, 0.25) is 0 Å². The zero-order valence-corrected chi connectivity index (χ0v) is 10.1. The predicted octanol–water partition coefficient (Wildman–Crippen LogP) is 2.64. The van der Waals surface area contributed by atoms with Crippen LogP contribution in [-0.2, 0) is 7.05 Å². The van der Waals surface area contributed by atoms with Crippen LogP contribution in [-0.4, -0.2) is 9.55 Å². The van der Waals surface area contributed by atoms with Crippen LogP contribution in [0, 0.1) is 5.92 Å². The summed E-state index contributed by atoms with van der Waals surface area (Å²) in [6, 6.07) is 0.0879. The fourth-order valence-corrected chi connectivity index (χ4v) is 2.15. The lowest BCUT2D eigenvalue weighted by Gasteiger charge is -2.22. The van der Waals surface area contributed by atoms with Gasteiger partial charge in [0.1, 0.15) is 5.82 Å². The number of nitrogens with zero attached hydrogens (tertiary/aromatic N) is 2. The standard InChI is InChI=1S/C12H23N3/c1-4-6-10(7-5-2)11(13)12-14-8-9-15(12)3/h8-11H,4-7,13H2,1-3H3. The van der Waals surface area contributed by atoms with Gasteiger partial charge in [-0.3, -0.25) is 0 Å². The van der Waals surface area contributed by atoms with Crippen LogP contribution in [0.4, 0.5) is 0 Å². The second-order valence-electron chi connectivity index (χ2n) is 4.26. The van der Waals surface area contributed by atoms with Crippen LogP contribution >= 0.6 is 0 Å². The molecule has 0 saturated heterocycles. The molecule has 1 rings (SSSR count). The quantitative estimate of drug-likeness (QED) is 0.782. The molecular weight excluding hydrogens is 186 g/mol. The lowest BCUT2D eigenvalue weighted by molar-refractivity contribution is 0.353. The highest BCUT2D eigenvalue weighted by atomic mass is 15.1. The Hall–Kier alpha value is -0.830. The fourth-order valence-electron chi connectivity index (χ4n) is 2.15. The van der Waals surface area contributed by atoms with E-state index in [0.717, 1.165) is 5.82 Å². The van der Waals surface area contributed by atoms with Gasteiger partial charge < -0.3 is 10.3 Å². The number of hydrogen-bond donors (Lipinski definition) is 1. The lowest BCUT2D eigenvalue weighted by Crippen LogP contribution is -2.24. The number of rotatable bonds is 6. The summed E-state index contributed by atoms with van der Waals surface area (Å²) < 4.78 is 2.03. The minimum Gasteiger partial charge on any atom is -0.337 e. The highest BCUT2D eigenvalue weighted by Crippen LogP contribution is 2.26. The summed E-state index contributed by atoms with van der Waals surface area (Å²) in [6.45, 7) is 4.43. The molecule has 0 aromatic carbocycles. The molecule has 3 nitrogen and oxygen atoms in total. The van der Waals surface area contributed by atoms with Crippen LogP contribution < -0.4 is 5.73 Å². The summed E-state index contributed by atoms with van der Waals surface area (Å²) in [4.78, 5) is 4.34. The van der Waals surface area contributed by atoms with E-state index in [4.69, 9.17) is 5.73 Å². The molecule has 0 aliphatic carbocycles. The van der Waals surface area contributed by atoms with Gasteiger partial charge in [-0.2, -0.15) is 0 Å². The molecule has 3 heteroatoms. The first-order chi connectivity index (χ1) is 7.20. The van der Waals surface area contributed by atoms with Crippen molar-refractivity contribution in [3.8, 4) is 0 Å². The minimum absolute atomic E-state index is 0.0879. The summed E-state index contributed by atoms with van der Waals surface area (Å²) in [5, 5.41) is 0. The monoisotopic (exact) mass is 209 g/mol. The molecule has 0 aliphatic heterocycles. The van der Waals surface area contributed by atoms with Gasteiger partial charge in [-0.05, 0) is 18.8 Å². The van der Waals surface area contributed by atoms with Gasteiger partial charge in [-0.15, -0.1) is 0 Å². The van der Waals surface area contributed by atoms with Gasteiger partial charge in [0.05, 0.1) is 6.04 Å². The third kappa shape index (κ3) is 3.06. The van der Waals surface area contributed by atoms with E-state index in [1.54, 1.807) is 0 Å². The van der Waals surface area contributed by atoms with Crippen molar-refractivity contribution in [1.82, 2.24) is 9.55 Å². The Morgan fingerprint density at radius 3 is 2.33 bits per heavy atom. The highest BCUT2D eigenvalue weighted by Gasteiger charge is 2.20. The third-order valence-electron chi connectivity index (χ3n) is 2.98. The van der Waals surface area contributed by atoms with E-state index in [2.05, 4.69) is 18.8 Å². The Morgan fingerprint density at radius 2 is 1.93 bits per heavy atom. The molecule has 1 heterocycles. The van der Waals surface area contributed by atoms with E-state index < -0.39 is 0 Å². The largest absolute Gasteiger partial charge is 0.337 e. The van der Waals surface area contributed by atoms with E-state index in [-0.39, 0.29) is 6.04 Å². The van der Waals surface area contributed by atoms with E-state index in [9.17, 15) is 0 Å². The first-order valence-electron chi connectivity index (χ1n) is 5.93. The third-order valence-corrected chi connectivity index (χ3v) is 2.98. The number of hydrogen-bond acceptors (Lipinski definition) is 2. The topological polar surface area (TPSA) is 43.8 Å². The number of aryl methyl sites for hydroxylation is 1. The average molecular weight is 209 g/mol. The van der Waals surface area contributed by atoms with E-state index in [1.165, 1.54) is 25.7 Å². The Kier molecular flexibility index (Phi) is 4.82. The maximum Gasteiger partial charge on any atom is 0.125 e. The van der Waals surface area contributed by atoms with Crippen molar-refractivity contribution in [3.05, 3.63) is 18.2 Å². The van der Waals surface area contributed by atoms with Gasteiger partial charge in [-0.25, -0.2) is 4.98 Å². The van der Waals surface area contributed by atoms with Crippen molar-refractivity contribution in [2.24, 2.45) is 18.7 Å². The predicted molar refractivity (Wildman–Crippen MR) is 63.4 cm³/mol. The minimum atomic E-state index is 0.0879. The molecule has 0 saturated carbocycles. The van der Waals surface area contributed by atoms with Gasteiger partial charge in [-0.1, -0.05) is 26.7 Å². The summed E-state index contributed by atoms with van der Waals surface area (Å²) in [7, 11) is 2.01. The average Bonchev–Trinajstić information content (AvgIpc) is 2.63. The first-order valence-corrected chi connectivity index (χ1v) is 5.93. The lowest BCUT2D eigenvalue weighted by atomic mass is 9.90. The first kappa shape index (κ1) is 12.2. The Bertz CT molecular complexity index is 274. The molecule has 15 heavy (non-hydrogen) atoms. The van der Waals surface area contributed by atoms with Gasteiger partial charge in [0, 0.05) is 19.4 Å². The zero-order valence-electron chi connectivity index (χ0n) is 10.1. The molecule has 0 fully saturated rings. The van der Waals surface area contributed by atoms with Crippen LogP contribution in [0.5, 0.6) is 0 Å². The number of nitrogens with two attached hydrogens (primary N) is 1. The normalized spacial score (nSPS) is 13.4. The van der Waals surface area contributed by atoms with Crippen molar-refractivity contribution < 1.29 is 0 Å². The van der Waals surface area contributed by atoms with Crippen LogP contribution in [0.1, 0.15) is 51.4 Å². The summed E-state index contributed by atoms with van der Waals surface area (Å²) >= 11 is 0. The number of imidazole rings is 1. The summed E-state index contributed by atoms with van der Waals surface area (Å²) in [5.74, 6) is 1.59. The van der Waals surface area contributed by atoms with Gasteiger partial charge in [0.15, 0.2) is 0 Å². The molecule has 0 bridgehead atoms. The highest BCUT2D eigenvalue weighted by molar-refractivity contribution is 4.99. The second kappa shape index (κ2) is 5.91. The van der Waals surface area contributed by atoms with Crippen molar-refractivity contribution >= 4 is 0 Å². The van der Waals surface area contributed by atoms with E-state index in [0.29, 0.717) is 5.92 Å². The zero-order chi connectivity index (χ0) is 11.3. The van der Waals surface area contributed by atoms with Crippen molar-refractivity contribution in [2.45, 2.75) is 45.6 Å². The molecule has 0 radical (unpaired) electrons. The molecule has 0 aliphatic rings. The molecule has 1 aromatic heterocycles. The van der Waals surface area contributed by atoms with Crippen LogP contribution in [0.15, 0.2) is 12.4 Å². The summed E-state index contributed by atoms with van der Waals surface area (Å²) in [5.41, 5.74) is 6.27. The van der Waals surface area contributed by atoms with Gasteiger partial charge >= 0.3 is 0 Å². The SMILES string of the molecule is CCCC(CCC)C(N)c1nccn1C. The molecule has 2 N–H and O–H groups in total. The van der Waals surface area contributed by atoms with Crippen LogP contribution in [0.2, 0.25) is 0 Å². The molecular formula is C12H23N3. The fraction of sp³-hybridized carbons (Fsp3) is 0.750. The second-order valence-corrected chi connectivity index (χ2v) is 4.26. The molecule has 0 spiro atoms. The van der Waals surface area contributed by atoms with Crippen molar-refractivity contribution in [1.29, 1.82) is 0 Å². The maximum absolute atomic E-state index is 6.27. The molecule has 1 unspecified atom stereocenters. The van der Waals surface area contributed by atoms with E-state index in [1.807, 2.05) is 24.0 Å². The molecule has 1 atom stereocenters. The van der Waals surface area contributed by atoms with Crippen molar-refractivity contribution in [3.63, 3.8) is 0 Å². The Morgan fingerprint density at radius 1 is 1.33 bits per heavy atom. The summed E-state index contributed by atoms with van der Waals surface area (Å²) in [6.07, 6.45) is 8.57.